The third-order valence-corrected chi connectivity index (χ3v) is 7.36. The van der Waals surface area contributed by atoms with E-state index in [0.717, 1.165) is 34.3 Å². The minimum absolute atomic E-state index is 0.131. The number of sulfonamides is 1. The Kier molecular flexibility index (Phi) is 7.15. The monoisotopic (exact) mass is 536 g/mol. The summed E-state index contributed by atoms with van der Waals surface area (Å²) in [7, 11) is 0.0193. The Hall–Kier alpha value is -2.59. The molecule has 0 saturated carbocycles. The molecule has 1 amide bonds. The highest BCUT2D eigenvalue weighted by Gasteiger charge is 2.34. The molecule has 1 aliphatic rings. The van der Waals surface area contributed by atoms with Gasteiger partial charge in [-0.2, -0.15) is 5.10 Å². The van der Waals surface area contributed by atoms with E-state index >= 15 is 0 Å². The Morgan fingerprint density at radius 2 is 2.00 bits per heavy atom. The molecule has 0 bridgehead atoms. The molecule has 0 saturated heterocycles. The molecule has 8 nitrogen and oxygen atoms in total. The molecule has 2 aromatic carbocycles. The number of carbonyl (C=O) groups is 1. The summed E-state index contributed by atoms with van der Waals surface area (Å²) >= 11 is 12.8. The largest absolute Gasteiger partial charge is 0.495 e. The topological polar surface area (TPSA) is 93.5 Å². The van der Waals surface area contributed by atoms with Gasteiger partial charge in [0.25, 0.3) is 5.91 Å². The third-order valence-electron chi connectivity index (χ3n) is 6.09. The summed E-state index contributed by atoms with van der Waals surface area (Å²) in [6.45, 7) is 2.56. The highest BCUT2D eigenvalue weighted by Crippen LogP contribution is 2.38. The Labute approximate surface area is 214 Å². The van der Waals surface area contributed by atoms with Crippen LogP contribution in [-0.4, -0.2) is 48.9 Å². The van der Waals surface area contributed by atoms with Gasteiger partial charge in [-0.15, -0.1) is 0 Å². The van der Waals surface area contributed by atoms with Crippen LogP contribution in [0.25, 0.3) is 11.3 Å². The van der Waals surface area contributed by atoms with Crippen LogP contribution in [0.2, 0.25) is 10.0 Å². The number of ether oxygens (including phenoxy) is 1. The highest BCUT2D eigenvalue weighted by atomic mass is 35.5. The molecule has 1 N–H and O–H groups in total. The summed E-state index contributed by atoms with van der Waals surface area (Å²) in [6, 6.07) is 10.3. The summed E-state index contributed by atoms with van der Waals surface area (Å²) in [6.07, 6.45) is 1.71. The molecule has 11 heteroatoms. The standard InChI is InChI=1S/C24H26Cl2N4O4S/c1-14-22-19(8-9-30(14)24(31)18-6-5-7-20(34-3)21(18)26)23(29(2)28-22)16-10-15(11-17(25)12-16)13-27-35(4,32)33/h5-7,10-12,14,27H,8-9,13H2,1-4H3/t14-/m1/s1. The fourth-order valence-corrected chi connectivity index (χ4v) is 5.45. The quantitative estimate of drug-likeness (QED) is 0.509. The normalized spacial score (nSPS) is 15.7. The average molecular weight is 537 g/mol. The van der Waals surface area contributed by atoms with Crippen LogP contribution in [0.5, 0.6) is 5.75 Å². The minimum Gasteiger partial charge on any atom is -0.495 e. The zero-order valence-corrected chi connectivity index (χ0v) is 22.1. The maximum atomic E-state index is 13.4. The second-order valence-electron chi connectivity index (χ2n) is 8.52. The molecular weight excluding hydrogens is 511 g/mol. The minimum atomic E-state index is -3.34. The molecule has 0 radical (unpaired) electrons. The van der Waals surface area contributed by atoms with E-state index in [-0.39, 0.29) is 23.5 Å². The van der Waals surface area contributed by atoms with Gasteiger partial charge in [0.05, 0.1) is 41.4 Å². The number of fused-ring (bicyclic) bond motifs is 1. The Balaban J connectivity index is 1.68. The molecule has 1 aromatic heterocycles. The van der Waals surface area contributed by atoms with Crippen LogP contribution in [0, 0.1) is 0 Å². The SMILES string of the molecule is COc1cccc(C(=O)N2CCc3c(nn(C)c3-c3cc(Cl)cc(CNS(C)(=O)=O)c3)[C@H]2C)c1Cl. The van der Waals surface area contributed by atoms with Crippen molar-refractivity contribution in [2.45, 2.75) is 25.9 Å². The lowest BCUT2D eigenvalue weighted by Gasteiger charge is -2.33. The van der Waals surface area contributed by atoms with Crippen molar-refractivity contribution < 1.29 is 17.9 Å². The van der Waals surface area contributed by atoms with Crippen LogP contribution in [-0.2, 0) is 30.0 Å². The number of aryl methyl sites for hydroxylation is 1. The second-order valence-corrected chi connectivity index (χ2v) is 11.2. The van der Waals surface area contributed by atoms with E-state index in [2.05, 4.69) is 4.72 Å². The van der Waals surface area contributed by atoms with Crippen molar-refractivity contribution in [3.63, 3.8) is 0 Å². The van der Waals surface area contributed by atoms with Crippen LogP contribution in [0.1, 0.15) is 40.1 Å². The Bertz CT molecular complexity index is 1400. The first-order chi connectivity index (χ1) is 16.5. The van der Waals surface area contributed by atoms with Gasteiger partial charge < -0.3 is 9.64 Å². The Morgan fingerprint density at radius 3 is 2.69 bits per heavy atom. The zero-order chi connectivity index (χ0) is 25.5. The maximum absolute atomic E-state index is 13.4. The molecule has 186 valence electrons. The molecule has 4 rings (SSSR count). The number of aromatic nitrogens is 2. The lowest BCUT2D eigenvalue weighted by molar-refractivity contribution is 0.0673. The number of amides is 1. The van der Waals surface area contributed by atoms with Crippen LogP contribution >= 0.6 is 23.2 Å². The number of hydrogen-bond acceptors (Lipinski definition) is 5. The first-order valence-corrected chi connectivity index (χ1v) is 13.6. The van der Waals surface area contributed by atoms with E-state index in [1.54, 1.807) is 33.8 Å². The summed E-state index contributed by atoms with van der Waals surface area (Å²) in [4.78, 5) is 15.2. The predicted molar refractivity (Wildman–Crippen MR) is 136 cm³/mol. The van der Waals surface area contributed by atoms with Crippen LogP contribution in [0.4, 0.5) is 0 Å². The molecule has 0 aliphatic carbocycles. The van der Waals surface area contributed by atoms with Crippen molar-refractivity contribution >= 4 is 39.1 Å². The molecule has 35 heavy (non-hydrogen) atoms. The number of carbonyl (C=O) groups excluding carboxylic acids is 1. The molecule has 0 spiro atoms. The smallest absolute Gasteiger partial charge is 0.256 e. The lowest BCUT2D eigenvalue weighted by Crippen LogP contribution is -2.39. The van der Waals surface area contributed by atoms with Crippen molar-refractivity contribution in [2.75, 3.05) is 19.9 Å². The second kappa shape index (κ2) is 9.81. The molecule has 2 heterocycles. The summed E-state index contributed by atoms with van der Waals surface area (Å²) in [5, 5.41) is 5.53. The van der Waals surface area contributed by atoms with Gasteiger partial charge >= 0.3 is 0 Å². The van der Waals surface area contributed by atoms with Crippen molar-refractivity contribution in [2.24, 2.45) is 7.05 Å². The number of rotatable bonds is 6. The Morgan fingerprint density at radius 1 is 1.26 bits per heavy atom. The van der Waals surface area contributed by atoms with Crippen molar-refractivity contribution in [1.82, 2.24) is 19.4 Å². The van der Waals surface area contributed by atoms with Gasteiger partial charge in [0.1, 0.15) is 5.75 Å². The first-order valence-electron chi connectivity index (χ1n) is 10.9. The average Bonchev–Trinajstić information content (AvgIpc) is 3.14. The lowest BCUT2D eigenvalue weighted by atomic mass is 9.94. The molecule has 0 fully saturated rings. The van der Waals surface area contributed by atoms with E-state index in [0.29, 0.717) is 29.3 Å². The number of halogens is 2. The number of benzene rings is 2. The predicted octanol–water partition coefficient (Wildman–Crippen LogP) is 4.21. The number of nitrogens with zero attached hydrogens (tertiary/aromatic N) is 3. The van der Waals surface area contributed by atoms with Crippen LogP contribution in [0.15, 0.2) is 36.4 Å². The van der Waals surface area contributed by atoms with Gasteiger partial charge in [0.15, 0.2) is 0 Å². The molecule has 1 atom stereocenters. The van der Waals surface area contributed by atoms with E-state index in [1.807, 2.05) is 26.1 Å². The van der Waals surface area contributed by atoms with Gasteiger partial charge in [0.2, 0.25) is 10.0 Å². The van der Waals surface area contributed by atoms with Gasteiger partial charge in [-0.3, -0.25) is 9.48 Å². The van der Waals surface area contributed by atoms with Gasteiger partial charge in [-0.05, 0) is 49.2 Å². The summed E-state index contributed by atoms with van der Waals surface area (Å²) in [5.41, 5.74) is 4.68. The van der Waals surface area contributed by atoms with Crippen molar-refractivity contribution in [3.8, 4) is 17.0 Å². The molecule has 3 aromatic rings. The highest BCUT2D eigenvalue weighted by molar-refractivity contribution is 7.88. The van der Waals surface area contributed by atoms with Crippen molar-refractivity contribution in [1.29, 1.82) is 0 Å². The van der Waals surface area contributed by atoms with E-state index in [4.69, 9.17) is 33.0 Å². The van der Waals surface area contributed by atoms with Gasteiger partial charge in [0, 0.05) is 36.3 Å². The third kappa shape index (κ3) is 5.18. The fraction of sp³-hybridized carbons (Fsp3) is 0.333. The fourth-order valence-electron chi connectivity index (χ4n) is 4.47. The van der Waals surface area contributed by atoms with E-state index in [1.165, 1.54) is 7.11 Å². The van der Waals surface area contributed by atoms with Crippen LogP contribution in [0.3, 0.4) is 0 Å². The first kappa shape index (κ1) is 25.5. The van der Waals surface area contributed by atoms with Gasteiger partial charge in [-0.1, -0.05) is 29.3 Å². The van der Waals surface area contributed by atoms with Crippen LogP contribution < -0.4 is 9.46 Å². The van der Waals surface area contributed by atoms with Crippen molar-refractivity contribution in [3.05, 3.63) is 68.8 Å². The molecule has 0 unspecified atom stereocenters. The van der Waals surface area contributed by atoms with E-state index in [9.17, 15) is 13.2 Å². The van der Waals surface area contributed by atoms with E-state index < -0.39 is 10.0 Å². The molecule has 1 aliphatic heterocycles. The summed E-state index contributed by atoms with van der Waals surface area (Å²) in [5.74, 6) is 0.265. The number of methoxy groups -OCH3 is 1. The zero-order valence-electron chi connectivity index (χ0n) is 19.8. The molecular formula is C24H26Cl2N4O4S. The number of hydrogen-bond donors (Lipinski definition) is 1. The summed E-state index contributed by atoms with van der Waals surface area (Å²) < 4.78 is 32.6. The maximum Gasteiger partial charge on any atom is 0.256 e. The van der Waals surface area contributed by atoms with Gasteiger partial charge in [-0.25, -0.2) is 13.1 Å². The number of nitrogens with one attached hydrogen (secondary N) is 1.